The summed E-state index contributed by atoms with van der Waals surface area (Å²) in [6.07, 6.45) is -16.2. The molecular formula is C67H75Cl3F12N9NaO4. The molecule has 1 fully saturated rings. The van der Waals surface area contributed by atoms with Crippen LogP contribution in [0.1, 0.15) is 85.5 Å². The SMILES string of the molecule is C.CCN(CC)CC.CN1CCCC1=O.COc1nc(N(Cc2ccccc2)Cc2ccccc2)ccc1C(F)(F)F.COc1nc(N)ccc1C(F)(F)F.C[O-].FC(F)(F)c1ccc(Cl)nc1Cl.FC(F)(F)c1ccc(N(Cc2ccccc2)Cc2ccccc2)nc1Cl.[Na+]. The molecule has 0 unspecified atom stereocenters. The van der Waals surface area contributed by atoms with Gasteiger partial charge in [-0.1, -0.05) is 184 Å². The Labute approximate surface area is 589 Å². The number of aromatic nitrogens is 4. The average molecular weight is 1430 g/mol. The molecule has 0 saturated carbocycles. The fraction of sp³-hybridized carbons (Fsp3) is 0.328. The zero-order chi connectivity index (χ0) is 70.2. The first kappa shape index (κ1) is 86.9. The van der Waals surface area contributed by atoms with Crippen molar-refractivity contribution in [2.45, 2.75) is 91.9 Å². The molecule has 0 spiro atoms. The Kier molecular flexibility index (Phi) is 39.1. The van der Waals surface area contributed by atoms with Gasteiger partial charge in [-0.25, -0.2) is 9.97 Å². The number of rotatable bonds is 15. The van der Waals surface area contributed by atoms with E-state index in [0.29, 0.717) is 43.7 Å². The maximum absolute atomic E-state index is 13.1. The normalized spacial score (nSPS) is 11.6. The molecule has 1 aliphatic rings. The van der Waals surface area contributed by atoms with Crippen LogP contribution in [-0.2, 0) is 55.7 Å². The van der Waals surface area contributed by atoms with Crippen molar-refractivity contribution >= 4 is 58.2 Å². The minimum absolute atomic E-state index is 0. The summed E-state index contributed by atoms with van der Waals surface area (Å²) in [7, 11) is 4.90. The predicted octanol–water partition coefficient (Wildman–Crippen LogP) is 14.6. The molecule has 518 valence electrons. The smallest absolute Gasteiger partial charge is 0.857 e. The molecule has 4 aromatic carbocycles. The molecule has 4 aromatic heterocycles. The molecular weight excluding hydrogens is 1350 g/mol. The maximum atomic E-state index is 13.1. The first-order chi connectivity index (χ1) is 44.4. The Bertz CT molecular complexity index is 3390. The van der Waals surface area contributed by atoms with Gasteiger partial charge in [-0.05, 0) is 96.8 Å². The summed E-state index contributed by atoms with van der Waals surface area (Å²) in [4.78, 5) is 33.2. The van der Waals surface area contributed by atoms with Crippen LogP contribution in [0.2, 0.25) is 15.5 Å². The van der Waals surface area contributed by atoms with E-state index >= 15 is 0 Å². The van der Waals surface area contributed by atoms with Crippen molar-refractivity contribution in [1.29, 1.82) is 0 Å². The van der Waals surface area contributed by atoms with Crippen molar-refractivity contribution in [1.82, 2.24) is 29.7 Å². The zero-order valence-electron chi connectivity index (χ0n) is 53.2. The topological polar surface area (TPSA) is 149 Å². The van der Waals surface area contributed by atoms with Gasteiger partial charge >= 0.3 is 54.3 Å². The Morgan fingerprint density at radius 1 is 0.479 bits per heavy atom. The summed E-state index contributed by atoms with van der Waals surface area (Å²) < 4.78 is 160. The van der Waals surface area contributed by atoms with Gasteiger partial charge < -0.3 is 39.9 Å². The summed E-state index contributed by atoms with van der Waals surface area (Å²) in [5.74, 6) is 0.173. The molecule has 5 heterocycles. The van der Waals surface area contributed by atoms with E-state index in [9.17, 15) is 57.5 Å². The number of anilines is 3. The van der Waals surface area contributed by atoms with Gasteiger partial charge in [-0.3, -0.25) is 4.79 Å². The Morgan fingerprint density at radius 2 is 0.792 bits per heavy atom. The fourth-order valence-electron chi connectivity index (χ4n) is 8.34. The van der Waals surface area contributed by atoms with Crippen LogP contribution >= 0.6 is 34.8 Å². The van der Waals surface area contributed by atoms with Crippen molar-refractivity contribution in [3.8, 4) is 11.8 Å². The number of halogens is 15. The number of nitrogens with two attached hydrogens (primary N) is 1. The number of methoxy groups -OCH3 is 2. The Morgan fingerprint density at radius 3 is 1.06 bits per heavy atom. The quantitative estimate of drug-likeness (QED) is 0.0591. The zero-order valence-corrected chi connectivity index (χ0v) is 57.5. The van der Waals surface area contributed by atoms with Crippen LogP contribution in [0.25, 0.3) is 0 Å². The van der Waals surface area contributed by atoms with Gasteiger partial charge in [0.15, 0.2) is 0 Å². The van der Waals surface area contributed by atoms with E-state index in [-0.39, 0.29) is 48.0 Å². The predicted molar refractivity (Wildman–Crippen MR) is 348 cm³/mol. The number of amides is 1. The third kappa shape index (κ3) is 30.5. The van der Waals surface area contributed by atoms with Gasteiger partial charge in [-0.15, -0.1) is 0 Å². The molecule has 13 nitrogen and oxygen atoms in total. The van der Waals surface area contributed by atoms with E-state index in [0.717, 1.165) is 92.3 Å². The van der Waals surface area contributed by atoms with Gasteiger partial charge in [0, 0.05) is 46.2 Å². The van der Waals surface area contributed by atoms with Crippen LogP contribution in [0.5, 0.6) is 11.8 Å². The van der Waals surface area contributed by atoms with Crippen LogP contribution in [-0.4, -0.2) is 90.2 Å². The van der Waals surface area contributed by atoms with E-state index in [1.54, 1.807) is 4.90 Å². The number of carbonyl (C=O) groups is 1. The number of nitrogen functional groups attached to an aromatic ring is 1. The first-order valence-electron chi connectivity index (χ1n) is 28.6. The molecule has 96 heavy (non-hydrogen) atoms. The van der Waals surface area contributed by atoms with Gasteiger partial charge in [0.05, 0.1) is 25.3 Å². The van der Waals surface area contributed by atoms with Crippen molar-refractivity contribution in [2.24, 2.45) is 0 Å². The monoisotopic (exact) mass is 1430 g/mol. The van der Waals surface area contributed by atoms with Crippen LogP contribution in [0, 0.1) is 0 Å². The number of ether oxygens (including phenoxy) is 2. The second-order valence-electron chi connectivity index (χ2n) is 19.7. The fourth-order valence-corrected chi connectivity index (χ4v) is 9.05. The molecule has 0 atom stereocenters. The number of nitrogens with zero attached hydrogens (tertiary/aromatic N) is 8. The van der Waals surface area contributed by atoms with Crippen molar-refractivity contribution in [3.05, 3.63) is 230 Å². The summed E-state index contributed by atoms with van der Waals surface area (Å²) >= 11 is 16.3. The molecule has 9 rings (SSSR count). The minimum Gasteiger partial charge on any atom is -0.857 e. The van der Waals surface area contributed by atoms with E-state index in [1.165, 1.54) is 38.9 Å². The van der Waals surface area contributed by atoms with Crippen LogP contribution in [0.15, 0.2) is 170 Å². The minimum atomic E-state index is -4.52. The second kappa shape index (κ2) is 43.2. The van der Waals surface area contributed by atoms with E-state index in [2.05, 4.69) is 50.3 Å². The number of benzene rings is 4. The summed E-state index contributed by atoms with van der Waals surface area (Å²) in [5.41, 5.74) is 5.60. The average Bonchev–Trinajstić information content (AvgIpc) is 0.985. The molecule has 29 heteroatoms. The molecule has 8 aromatic rings. The summed E-state index contributed by atoms with van der Waals surface area (Å²) in [5, 5.41) is 7.02. The van der Waals surface area contributed by atoms with Gasteiger partial charge in [0.25, 0.3) is 0 Å². The van der Waals surface area contributed by atoms with Crippen LogP contribution in [0.3, 0.4) is 0 Å². The molecule has 0 radical (unpaired) electrons. The molecule has 1 saturated heterocycles. The number of pyridine rings is 4. The van der Waals surface area contributed by atoms with Gasteiger partial charge in [0.2, 0.25) is 17.7 Å². The summed E-state index contributed by atoms with van der Waals surface area (Å²) in [6, 6.07) is 47.3. The van der Waals surface area contributed by atoms with E-state index < -0.39 is 69.0 Å². The molecule has 2 N–H and O–H groups in total. The van der Waals surface area contributed by atoms with E-state index in [1.807, 2.05) is 138 Å². The van der Waals surface area contributed by atoms with Crippen molar-refractivity contribution < 1.29 is 102 Å². The largest absolute Gasteiger partial charge is 1.00 e. The van der Waals surface area contributed by atoms with Crippen molar-refractivity contribution in [2.75, 3.05) is 70.1 Å². The van der Waals surface area contributed by atoms with Crippen molar-refractivity contribution in [3.63, 3.8) is 0 Å². The molecule has 1 aliphatic heterocycles. The second-order valence-corrected chi connectivity index (χ2v) is 20.8. The number of alkyl halides is 12. The van der Waals surface area contributed by atoms with Gasteiger partial charge in [-0.2, -0.15) is 69.8 Å². The standard InChI is InChI=1S/C21H19F3N2O.C20H16ClF3N2.C7H7F3N2O.C6H2Cl2F3N.C6H15N.C5H9NO.CH3O.CH4.Na/c1-27-20-18(21(22,23)24)12-13-19(25-20)26(14-16-8-4-2-5-9-16)15-17-10-6-3-7-11-17;21-19-17(20(22,23)24)11-12-18(25-19)26(13-15-7-3-1-4-8-15)14-16-9-5-2-6-10-16;1-13-6-4(7(8,9)10)2-3-5(11)12-6;7-4-2-1-3(5(8)12-4)6(9,10)11;1-4-7(5-2)6-3;1-6-4-2-3-5(6)7;1-2;;/h2-13H,14-15H2,1H3;1-12H,13-14H2;2-3H,1H3,(H2,11,12);1-2H;4-6H2,1-3H3;2-4H2,1H3;1H3;1H4;/q;;;;;;-1;;+1. The number of carbonyl (C=O) groups excluding carboxylic acids is 1. The van der Waals surface area contributed by atoms with Gasteiger partial charge in [0.1, 0.15) is 44.0 Å². The first-order valence-corrected chi connectivity index (χ1v) is 29.7. The third-order valence-corrected chi connectivity index (χ3v) is 13.9. The van der Waals surface area contributed by atoms with E-state index in [4.69, 9.17) is 50.4 Å². The summed E-state index contributed by atoms with van der Waals surface area (Å²) in [6.45, 7) is 13.1. The third-order valence-electron chi connectivity index (χ3n) is 13.1. The molecule has 0 aliphatic carbocycles. The molecule has 0 bridgehead atoms. The van der Waals surface area contributed by atoms with Crippen LogP contribution in [0.4, 0.5) is 70.1 Å². The maximum Gasteiger partial charge on any atom is 1.00 e. The number of likely N-dealkylation sites (tertiary alicyclic amines) is 1. The Hall–Kier alpha value is -7.10. The molecule has 1 amide bonds. The number of hydrogen-bond donors (Lipinski definition) is 1. The van der Waals surface area contributed by atoms with Crippen LogP contribution < -0.4 is 59.7 Å². The number of hydrogen-bond acceptors (Lipinski definition) is 12. The Balaban J connectivity index is 0.000000613.